The number of rotatable bonds is 5. The molecule has 0 aromatic rings. The summed E-state index contributed by atoms with van der Waals surface area (Å²) < 4.78 is 10.7. The van der Waals surface area contributed by atoms with E-state index in [9.17, 15) is 4.79 Å². The van der Waals surface area contributed by atoms with Crippen LogP contribution in [0.2, 0.25) is 0 Å². The molecule has 0 aliphatic heterocycles. The topological polar surface area (TPSA) is 61.5 Å². The minimum Gasteiger partial charge on any atom is -0.460 e. The number of carbonyl (C=O) groups is 1. The molecule has 2 saturated carbocycles. The Labute approximate surface area is 103 Å². The monoisotopic (exact) mass is 241 g/mol. The standard InChI is InChI=1S/C13H23NO3/c1-3-16-7-8(2)17-13(15)11-9-4-5-10(6-9)12(11)14/h8-12H,3-7,14H2,1-2H3. The Hall–Kier alpha value is -0.610. The molecule has 0 aromatic heterocycles. The number of hydrogen-bond acceptors (Lipinski definition) is 4. The maximum atomic E-state index is 12.1. The molecule has 0 aromatic carbocycles. The minimum absolute atomic E-state index is 0.0144. The summed E-state index contributed by atoms with van der Waals surface area (Å²) in [6.07, 6.45) is 3.26. The lowest BCUT2D eigenvalue weighted by Gasteiger charge is -2.27. The fourth-order valence-electron chi connectivity index (χ4n) is 3.28. The Morgan fingerprint density at radius 1 is 1.41 bits per heavy atom. The van der Waals surface area contributed by atoms with Crippen LogP contribution >= 0.6 is 0 Å². The van der Waals surface area contributed by atoms with Gasteiger partial charge in [0, 0.05) is 12.6 Å². The van der Waals surface area contributed by atoms with Crippen molar-refractivity contribution in [3.8, 4) is 0 Å². The van der Waals surface area contributed by atoms with Crippen molar-refractivity contribution < 1.29 is 14.3 Å². The molecule has 0 heterocycles. The van der Waals surface area contributed by atoms with E-state index in [0.29, 0.717) is 25.0 Å². The van der Waals surface area contributed by atoms with E-state index in [1.807, 2.05) is 13.8 Å². The van der Waals surface area contributed by atoms with E-state index in [1.54, 1.807) is 0 Å². The molecule has 2 aliphatic rings. The summed E-state index contributed by atoms with van der Waals surface area (Å²) in [7, 11) is 0. The summed E-state index contributed by atoms with van der Waals surface area (Å²) in [5.74, 6) is 0.816. The number of esters is 1. The van der Waals surface area contributed by atoms with Crippen LogP contribution in [-0.2, 0) is 14.3 Å². The zero-order chi connectivity index (χ0) is 12.4. The van der Waals surface area contributed by atoms with Gasteiger partial charge in [-0.25, -0.2) is 0 Å². The molecular weight excluding hydrogens is 218 g/mol. The molecule has 0 saturated heterocycles. The van der Waals surface area contributed by atoms with Crippen LogP contribution in [0.15, 0.2) is 0 Å². The molecule has 17 heavy (non-hydrogen) atoms. The fraction of sp³-hybridized carbons (Fsp3) is 0.923. The number of hydrogen-bond donors (Lipinski definition) is 1. The first-order valence-electron chi connectivity index (χ1n) is 6.67. The second-order valence-electron chi connectivity index (χ2n) is 5.34. The van der Waals surface area contributed by atoms with Crippen LogP contribution in [0, 0.1) is 17.8 Å². The zero-order valence-electron chi connectivity index (χ0n) is 10.7. The molecule has 0 amide bonds. The van der Waals surface area contributed by atoms with Gasteiger partial charge in [0.15, 0.2) is 0 Å². The van der Waals surface area contributed by atoms with Crippen LogP contribution in [0.25, 0.3) is 0 Å². The molecule has 2 N–H and O–H groups in total. The van der Waals surface area contributed by atoms with Gasteiger partial charge in [0.2, 0.25) is 0 Å². The number of ether oxygens (including phenoxy) is 2. The van der Waals surface area contributed by atoms with Crippen molar-refractivity contribution in [1.82, 2.24) is 0 Å². The van der Waals surface area contributed by atoms with Crippen molar-refractivity contribution in [1.29, 1.82) is 0 Å². The lowest BCUT2D eigenvalue weighted by molar-refractivity contribution is -0.158. The van der Waals surface area contributed by atoms with Crippen molar-refractivity contribution in [3.63, 3.8) is 0 Å². The normalized spacial score (nSPS) is 37.1. The van der Waals surface area contributed by atoms with Gasteiger partial charge in [-0.1, -0.05) is 0 Å². The Balaban J connectivity index is 1.84. The second-order valence-corrected chi connectivity index (χ2v) is 5.34. The summed E-state index contributed by atoms with van der Waals surface area (Å²) in [6, 6.07) is 0.0144. The highest BCUT2D eigenvalue weighted by molar-refractivity contribution is 5.74. The third-order valence-corrected chi connectivity index (χ3v) is 4.13. The quantitative estimate of drug-likeness (QED) is 0.738. The van der Waals surface area contributed by atoms with E-state index >= 15 is 0 Å². The average Bonchev–Trinajstić information content (AvgIpc) is 2.86. The molecular formula is C13H23NO3. The van der Waals surface area contributed by atoms with Crippen molar-refractivity contribution in [2.75, 3.05) is 13.2 Å². The third-order valence-electron chi connectivity index (χ3n) is 4.13. The number of fused-ring (bicyclic) bond motifs is 2. The first kappa shape index (κ1) is 12.8. The molecule has 0 radical (unpaired) electrons. The van der Waals surface area contributed by atoms with Crippen LogP contribution in [0.5, 0.6) is 0 Å². The minimum atomic E-state index is -0.172. The van der Waals surface area contributed by atoms with Gasteiger partial charge in [-0.3, -0.25) is 4.79 Å². The van der Waals surface area contributed by atoms with Gasteiger partial charge in [-0.15, -0.1) is 0 Å². The summed E-state index contributed by atoms with van der Waals surface area (Å²) >= 11 is 0. The maximum absolute atomic E-state index is 12.1. The van der Waals surface area contributed by atoms with Gasteiger partial charge in [0.1, 0.15) is 6.10 Å². The van der Waals surface area contributed by atoms with E-state index < -0.39 is 0 Å². The highest BCUT2D eigenvalue weighted by atomic mass is 16.6. The Kier molecular flexibility index (Phi) is 4.05. The van der Waals surface area contributed by atoms with Crippen LogP contribution in [0.1, 0.15) is 33.1 Å². The largest absolute Gasteiger partial charge is 0.460 e. The van der Waals surface area contributed by atoms with Gasteiger partial charge < -0.3 is 15.2 Å². The van der Waals surface area contributed by atoms with Crippen LogP contribution in [0.4, 0.5) is 0 Å². The van der Waals surface area contributed by atoms with E-state index in [2.05, 4.69) is 0 Å². The fourth-order valence-corrected chi connectivity index (χ4v) is 3.28. The Morgan fingerprint density at radius 2 is 2.12 bits per heavy atom. The molecule has 2 fully saturated rings. The third kappa shape index (κ3) is 2.63. The van der Waals surface area contributed by atoms with Crippen molar-refractivity contribution >= 4 is 5.97 Å². The summed E-state index contributed by atoms with van der Waals surface area (Å²) in [5, 5.41) is 0. The maximum Gasteiger partial charge on any atom is 0.311 e. The summed E-state index contributed by atoms with van der Waals surface area (Å²) in [4.78, 5) is 12.1. The molecule has 4 nitrogen and oxygen atoms in total. The predicted molar refractivity (Wildman–Crippen MR) is 64.3 cm³/mol. The first-order valence-corrected chi connectivity index (χ1v) is 6.67. The van der Waals surface area contributed by atoms with Gasteiger partial charge in [0.05, 0.1) is 12.5 Å². The highest BCUT2D eigenvalue weighted by Gasteiger charge is 2.50. The smallest absolute Gasteiger partial charge is 0.311 e. The zero-order valence-corrected chi connectivity index (χ0v) is 10.7. The van der Waals surface area contributed by atoms with Crippen LogP contribution in [-0.4, -0.2) is 31.3 Å². The van der Waals surface area contributed by atoms with Crippen LogP contribution in [0.3, 0.4) is 0 Å². The van der Waals surface area contributed by atoms with Gasteiger partial charge in [-0.2, -0.15) is 0 Å². The molecule has 5 atom stereocenters. The van der Waals surface area contributed by atoms with E-state index in [0.717, 1.165) is 12.8 Å². The number of carbonyl (C=O) groups excluding carboxylic acids is 1. The molecule has 5 unspecified atom stereocenters. The first-order chi connectivity index (χ1) is 8.13. The van der Waals surface area contributed by atoms with Crippen molar-refractivity contribution in [2.45, 2.75) is 45.3 Å². The van der Waals surface area contributed by atoms with E-state index in [1.165, 1.54) is 6.42 Å². The Morgan fingerprint density at radius 3 is 2.71 bits per heavy atom. The summed E-state index contributed by atoms with van der Waals surface area (Å²) in [6.45, 7) is 4.92. The van der Waals surface area contributed by atoms with Gasteiger partial charge in [-0.05, 0) is 44.9 Å². The number of nitrogens with two attached hydrogens (primary N) is 1. The lowest BCUT2D eigenvalue weighted by Crippen LogP contribution is -2.42. The van der Waals surface area contributed by atoms with Crippen molar-refractivity contribution in [2.24, 2.45) is 23.5 Å². The SMILES string of the molecule is CCOCC(C)OC(=O)C1C2CCC(C2)C1N. The summed E-state index contributed by atoms with van der Waals surface area (Å²) in [5.41, 5.74) is 6.11. The predicted octanol–water partition coefficient (Wildman–Crippen LogP) is 1.33. The Bertz CT molecular complexity index is 280. The molecule has 2 bridgehead atoms. The highest BCUT2D eigenvalue weighted by Crippen LogP contribution is 2.48. The molecule has 4 heteroatoms. The van der Waals surface area contributed by atoms with Crippen LogP contribution < -0.4 is 5.73 Å². The molecule has 98 valence electrons. The van der Waals surface area contributed by atoms with Gasteiger partial charge in [0.25, 0.3) is 0 Å². The molecule has 0 spiro atoms. The average molecular weight is 241 g/mol. The molecule has 2 rings (SSSR count). The van der Waals surface area contributed by atoms with E-state index in [4.69, 9.17) is 15.2 Å². The lowest BCUT2D eigenvalue weighted by atomic mass is 9.85. The van der Waals surface area contributed by atoms with E-state index in [-0.39, 0.29) is 24.0 Å². The van der Waals surface area contributed by atoms with Gasteiger partial charge >= 0.3 is 5.97 Å². The second kappa shape index (κ2) is 5.36. The molecule has 2 aliphatic carbocycles. The van der Waals surface area contributed by atoms with Crippen molar-refractivity contribution in [3.05, 3.63) is 0 Å².